The third kappa shape index (κ3) is 5.14. The van der Waals surface area contributed by atoms with Crippen LogP contribution in [0.25, 0.3) is 0 Å². The van der Waals surface area contributed by atoms with Gasteiger partial charge in [-0.3, -0.25) is 9.59 Å². The summed E-state index contributed by atoms with van der Waals surface area (Å²) in [4.78, 5) is 25.5. The number of carbonyl (C=O) groups excluding carboxylic acids is 2. The summed E-state index contributed by atoms with van der Waals surface area (Å²) in [6, 6.07) is 17.0. The molecule has 0 spiro atoms. The average Bonchev–Trinajstić information content (AvgIpc) is 2.56. The zero-order valence-electron chi connectivity index (χ0n) is 13.4. The van der Waals surface area contributed by atoms with Gasteiger partial charge >= 0.3 is 11.8 Å². The van der Waals surface area contributed by atoms with E-state index in [1.165, 1.54) is 0 Å². The molecule has 5 nitrogen and oxygen atoms in total. The van der Waals surface area contributed by atoms with Crippen LogP contribution in [-0.4, -0.2) is 32.5 Å². The van der Waals surface area contributed by atoms with E-state index in [-0.39, 0.29) is 0 Å². The number of nitrogens with one attached hydrogen (secondary N) is 2. The Hall–Kier alpha value is -2.82. The summed E-state index contributed by atoms with van der Waals surface area (Å²) >= 11 is 0. The molecule has 2 aromatic rings. The van der Waals surface area contributed by atoms with Crippen LogP contribution in [0.2, 0.25) is 0 Å². The van der Waals surface area contributed by atoms with E-state index in [4.69, 9.17) is 0 Å². The molecule has 2 rings (SSSR count). The Morgan fingerprint density at radius 1 is 0.913 bits per heavy atom. The molecule has 0 aliphatic carbocycles. The van der Waals surface area contributed by atoms with E-state index in [2.05, 4.69) is 10.6 Å². The van der Waals surface area contributed by atoms with Gasteiger partial charge in [-0.15, -0.1) is 0 Å². The molecule has 0 saturated carbocycles. The first-order valence-corrected chi connectivity index (χ1v) is 7.47. The van der Waals surface area contributed by atoms with Crippen molar-refractivity contribution in [1.82, 2.24) is 5.32 Å². The molecular formula is C18H21N3O2. The van der Waals surface area contributed by atoms with Crippen molar-refractivity contribution in [1.29, 1.82) is 0 Å². The standard InChI is InChI=1S/C18H21N3O2/c1-21(2)16-10-8-14(9-11-16)12-13-19-17(22)18(23)20-15-6-4-3-5-7-15/h3-11H,12-13H2,1-2H3,(H,19,22)(H,20,23). The van der Waals surface area contributed by atoms with Crippen LogP contribution < -0.4 is 15.5 Å². The fraction of sp³-hybridized carbons (Fsp3) is 0.222. The van der Waals surface area contributed by atoms with Crippen LogP contribution >= 0.6 is 0 Å². The first-order valence-electron chi connectivity index (χ1n) is 7.47. The maximum Gasteiger partial charge on any atom is 0.313 e. The summed E-state index contributed by atoms with van der Waals surface area (Å²) in [6.45, 7) is 0.419. The molecule has 0 aliphatic rings. The van der Waals surface area contributed by atoms with Gasteiger partial charge < -0.3 is 15.5 Å². The second kappa shape index (κ2) is 7.98. The number of hydrogen-bond donors (Lipinski definition) is 2. The van der Waals surface area contributed by atoms with Gasteiger partial charge in [0.2, 0.25) is 0 Å². The van der Waals surface area contributed by atoms with Crippen molar-refractivity contribution in [2.75, 3.05) is 30.9 Å². The SMILES string of the molecule is CN(C)c1ccc(CCNC(=O)C(=O)Nc2ccccc2)cc1. The first kappa shape index (κ1) is 16.5. The molecule has 120 valence electrons. The zero-order chi connectivity index (χ0) is 16.7. The van der Waals surface area contributed by atoms with Gasteiger partial charge in [-0.25, -0.2) is 0 Å². The Labute approximate surface area is 136 Å². The second-order valence-corrected chi connectivity index (χ2v) is 5.39. The Morgan fingerprint density at radius 2 is 1.57 bits per heavy atom. The highest BCUT2D eigenvalue weighted by atomic mass is 16.2. The predicted octanol–water partition coefficient (Wildman–Crippen LogP) is 2.05. The Balaban J connectivity index is 1.77. The van der Waals surface area contributed by atoms with E-state index in [1.807, 2.05) is 49.3 Å². The summed E-state index contributed by atoms with van der Waals surface area (Å²) in [5.74, 6) is -1.28. The van der Waals surface area contributed by atoms with Crippen molar-refractivity contribution in [3.8, 4) is 0 Å². The summed E-state index contributed by atoms with van der Waals surface area (Å²) in [7, 11) is 3.97. The summed E-state index contributed by atoms with van der Waals surface area (Å²) in [5, 5.41) is 5.18. The number of para-hydroxylation sites is 1. The third-order valence-electron chi connectivity index (χ3n) is 3.39. The number of amides is 2. The molecule has 0 bridgehead atoms. The lowest BCUT2D eigenvalue weighted by Crippen LogP contribution is -2.36. The van der Waals surface area contributed by atoms with Crippen molar-refractivity contribution < 1.29 is 9.59 Å². The van der Waals surface area contributed by atoms with Crippen LogP contribution in [0.1, 0.15) is 5.56 Å². The summed E-state index contributed by atoms with van der Waals surface area (Å²) < 4.78 is 0. The molecular weight excluding hydrogens is 290 g/mol. The molecule has 0 unspecified atom stereocenters. The van der Waals surface area contributed by atoms with Gasteiger partial charge in [0.25, 0.3) is 0 Å². The molecule has 0 radical (unpaired) electrons. The van der Waals surface area contributed by atoms with Gasteiger partial charge in [-0.2, -0.15) is 0 Å². The monoisotopic (exact) mass is 311 g/mol. The molecule has 2 amide bonds. The highest BCUT2D eigenvalue weighted by molar-refractivity contribution is 6.39. The number of carbonyl (C=O) groups is 2. The maximum absolute atomic E-state index is 11.8. The number of anilines is 2. The fourth-order valence-corrected chi connectivity index (χ4v) is 2.07. The molecule has 0 saturated heterocycles. The smallest absolute Gasteiger partial charge is 0.313 e. The Kier molecular flexibility index (Phi) is 5.74. The average molecular weight is 311 g/mol. The van der Waals surface area contributed by atoms with Crippen molar-refractivity contribution in [3.05, 3.63) is 60.2 Å². The van der Waals surface area contributed by atoms with Crippen LogP contribution in [-0.2, 0) is 16.0 Å². The molecule has 5 heteroatoms. The number of rotatable bonds is 5. The minimum Gasteiger partial charge on any atom is -0.378 e. The van der Waals surface area contributed by atoms with Crippen molar-refractivity contribution in [2.45, 2.75) is 6.42 Å². The minimum atomic E-state index is -0.654. The van der Waals surface area contributed by atoms with E-state index in [0.717, 1.165) is 11.3 Å². The van der Waals surface area contributed by atoms with Gasteiger partial charge in [0.1, 0.15) is 0 Å². The van der Waals surface area contributed by atoms with E-state index in [0.29, 0.717) is 18.7 Å². The highest BCUT2D eigenvalue weighted by Gasteiger charge is 2.12. The van der Waals surface area contributed by atoms with Crippen molar-refractivity contribution >= 4 is 23.2 Å². The van der Waals surface area contributed by atoms with Crippen LogP contribution in [0.15, 0.2) is 54.6 Å². The Bertz CT molecular complexity index is 652. The lowest BCUT2D eigenvalue weighted by Gasteiger charge is -2.12. The van der Waals surface area contributed by atoms with E-state index >= 15 is 0 Å². The quantitative estimate of drug-likeness (QED) is 0.831. The number of benzene rings is 2. The molecule has 0 atom stereocenters. The first-order chi connectivity index (χ1) is 11.1. The third-order valence-corrected chi connectivity index (χ3v) is 3.39. The fourth-order valence-electron chi connectivity index (χ4n) is 2.07. The largest absolute Gasteiger partial charge is 0.378 e. The van der Waals surface area contributed by atoms with Gasteiger partial charge in [0.15, 0.2) is 0 Å². The predicted molar refractivity (Wildman–Crippen MR) is 92.6 cm³/mol. The van der Waals surface area contributed by atoms with Crippen LogP contribution in [0, 0.1) is 0 Å². The van der Waals surface area contributed by atoms with Crippen LogP contribution in [0.3, 0.4) is 0 Å². The van der Waals surface area contributed by atoms with Gasteiger partial charge in [0.05, 0.1) is 0 Å². The summed E-state index contributed by atoms with van der Waals surface area (Å²) in [6.07, 6.45) is 0.679. The lowest BCUT2D eigenvalue weighted by atomic mass is 10.1. The molecule has 0 fully saturated rings. The molecule has 0 aliphatic heterocycles. The van der Waals surface area contributed by atoms with Crippen molar-refractivity contribution in [3.63, 3.8) is 0 Å². The van der Waals surface area contributed by atoms with E-state index in [9.17, 15) is 9.59 Å². The number of nitrogens with zero attached hydrogens (tertiary/aromatic N) is 1. The normalized spacial score (nSPS) is 10.0. The molecule has 23 heavy (non-hydrogen) atoms. The zero-order valence-corrected chi connectivity index (χ0v) is 13.4. The molecule has 0 aromatic heterocycles. The van der Waals surface area contributed by atoms with Gasteiger partial charge in [0, 0.05) is 32.0 Å². The van der Waals surface area contributed by atoms with Gasteiger partial charge in [-0.05, 0) is 36.2 Å². The molecule has 0 heterocycles. The van der Waals surface area contributed by atoms with E-state index < -0.39 is 11.8 Å². The minimum absolute atomic E-state index is 0.419. The molecule has 2 N–H and O–H groups in total. The maximum atomic E-state index is 11.8. The lowest BCUT2D eigenvalue weighted by molar-refractivity contribution is -0.136. The Morgan fingerprint density at radius 3 is 2.17 bits per heavy atom. The highest BCUT2D eigenvalue weighted by Crippen LogP contribution is 2.12. The number of hydrogen-bond acceptors (Lipinski definition) is 3. The van der Waals surface area contributed by atoms with Crippen LogP contribution in [0.4, 0.5) is 11.4 Å². The van der Waals surface area contributed by atoms with Crippen molar-refractivity contribution in [2.24, 2.45) is 0 Å². The topological polar surface area (TPSA) is 61.4 Å². The second-order valence-electron chi connectivity index (χ2n) is 5.39. The summed E-state index contributed by atoms with van der Waals surface area (Å²) in [5.41, 5.74) is 2.84. The molecule has 2 aromatic carbocycles. The van der Waals surface area contributed by atoms with E-state index in [1.54, 1.807) is 24.3 Å². The van der Waals surface area contributed by atoms with Gasteiger partial charge in [-0.1, -0.05) is 30.3 Å². The van der Waals surface area contributed by atoms with Crippen LogP contribution in [0.5, 0.6) is 0 Å².